The predicted molar refractivity (Wildman–Crippen MR) is 115 cm³/mol. The molecule has 0 aliphatic heterocycles. The van der Waals surface area contributed by atoms with Gasteiger partial charge in [-0.15, -0.1) is 0 Å². The second-order valence-corrected chi connectivity index (χ2v) is 14.3. The van der Waals surface area contributed by atoms with Gasteiger partial charge >= 0.3 is 0 Å². The molecule has 3 aromatic rings. The number of hydrogen-bond donors (Lipinski definition) is 0. The first kappa shape index (κ1) is 18.4. The summed E-state index contributed by atoms with van der Waals surface area (Å²) in [5, 5.41) is 4.55. The Morgan fingerprint density at radius 3 is 1.17 bits per heavy atom. The molecule has 3 aromatic carbocycles. The van der Waals surface area contributed by atoms with Gasteiger partial charge in [-0.2, -0.15) is 0 Å². The highest BCUT2D eigenvalue weighted by Crippen LogP contribution is 2.04. The maximum atomic E-state index is 2.40. The Bertz CT molecular complexity index is 663. The third-order valence-electron chi connectivity index (χ3n) is 4.46. The number of benzene rings is 3. The Hall–Kier alpha value is -1.91. The van der Waals surface area contributed by atoms with E-state index in [-0.39, 0.29) is 0 Å². The van der Waals surface area contributed by atoms with Crippen molar-refractivity contribution in [1.29, 1.82) is 0 Å². The first-order chi connectivity index (χ1) is 11.5. The van der Waals surface area contributed by atoms with Gasteiger partial charge in [-0.05, 0) is 0 Å². The van der Waals surface area contributed by atoms with Gasteiger partial charge in [-0.3, -0.25) is 0 Å². The third kappa shape index (κ3) is 5.05. The molecule has 2 heteroatoms. The van der Waals surface area contributed by atoms with Crippen LogP contribution in [0.4, 0.5) is 0 Å². The summed E-state index contributed by atoms with van der Waals surface area (Å²) in [6, 6.07) is 32.4. The third-order valence-corrected chi connectivity index (χ3v) is 9.73. The normalized spacial score (nSPS) is 10.9. The van der Waals surface area contributed by atoms with E-state index in [0.29, 0.717) is 0 Å². The fourth-order valence-corrected chi connectivity index (χ4v) is 6.09. The zero-order valence-electron chi connectivity index (χ0n) is 15.2. The van der Waals surface area contributed by atoms with Crippen LogP contribution in [0.1, 0.15) is 0 Å². The molecule has 0 heterocycles. The van der Waals surface area contributed by atoms with E-state index in [4.69, 9.17) is 0 Å². The second-order valence-electron chi connectivity index (χ2n) is 6.92. The van der Waals surface area contributed by atoms with Crippen LogP contribution in [0.5, 0.6) is 0 Å². The average Bonchev–Trinajstić information content (AvgIpc) is 2.64. The fourth-order valence-electron chi connectivity index (χ4n) is 2.71. The molecule has 0 bridgehead atoms. The highest BCUT2D eigenvalue weighted by atomic mass is 28.3. The van der Waals surface area contributed by atoms with Gasteiger partial charge < -0.3 is 0 Å². The van der Waals surface area contributed by atoms with Crippen LogP contribution in [0.15, 0.2) is 91.0 Å². The van der Waals surface area contributed by atoms with E-state index in [1.165, 1.54) is 10.4 Å². The van der Waals surface area contributed by atoms with Gasteiger partial charge in [-0.1, -0.05) is 133 Å². The van der Waals surface area contributed by atoms with E-state index >= 15 is 0 Å². The smallest absolute Gasteiger partial charge is 0.0682 e. The van der Waals surface area contributed by atoms with Crippen LogP contribution in [0.3, 0.4) is 0 Å². The Morgan fingerprint density at radius 2 is 0.875 bits per heavy atom. The summed E-state index contributed by atoms with van der Waals surface area (Å²) in [6.07, 6.45) is 0. The average molecular weight is 349 g/mol. The summed E-state index contributed by atoms with van der Waals surface area (Å²) in [4.78, 5) is 0. The lowest BCUT2D eigenvalue weighted by molar-refractivity contribution is 1.67. The van der Waals surface area contributed by atoms with Crippen LogP contribution in [-0.2, 0) is 0 Å². The minimum atomic E-state index is -1.46. The van der Waals surface area contributed by atoms with E-state index in [1.807, 2.05) is 0 Å². The fraction of sp³-hybridized carbons (Fsp3) is 0.182. The molecule has 0 saturated carbocycles. The van der Waals surface area contributed by atoms with Crippen molar-refractivity contribution in [3.05, 3.63) is 91.0 Å². The molecule has 0 spiro atoms. The van der Waals surface area contributed by atoms with Crippen LogP contribution < -0.4 is 15.6 Å². The lowest BCUT2D eigenvalue weighted by Crippen LogP contribution is -2.52. The minimum Gasteiger partial charge on any atom is -0.0682 e. The van der Waals surface area contributed by atoms with Crippen molar-refractivity contribution >= 4 is 32.4 Å². The van der Waals surface area contributed by atoms with E-state index in [0.717, 1.165) is 0 Å². The Morgan fingerprint density at radius 1 is 0.542 bits per heavy atom. The molecule has 0 amide bonds. The summed E-state index contributed by atoms with van der Waals surface area (Å²) >= 11 is 0. The van der Waals surface area contributed by atoms with E-state index in [1.54, 1.807) is 5.19 Å². The molecule has 0 atom stereocenters. The lowest BCUT2D eigenvalue weighted by atomic mass is 10.4. The van der Waals surface area contributed by atoms with Crippen molar-refractivity contribution in [2.24, 2.45) is 0 Å². The summed E-state index contributed by atoms with van der Waals surface area (Å²) in [5.74, 6) is 0. The van der Waals surface area contributed by atoms with Crippen molar-refractivity contribution in [3.8, 4) is 0 Å². The highest BCUT2D eigenvalue weighted by Gasteiger charge is 2.24. The van der Waals surface area contributed by atoms with Gasteiger partial charge in [-0.25, -0.2) is 0 Å². The molecule has 0 aromatic heterocycles. The van der Waals surface area contributed by atoms with Crippen molar-refractivity contribution < 1.29 is 0 Å². The quantitative estimate of drug-likeness (QED) is 0.630. The maximum absolute atomic E-state index is 2.40. The van der Waals surface area contributed by atoms with Gasteiger partial charge in [0.25, 0.3) is 0 Å². The first-order valence-electron chi connectivity index (χ1n) is 8.68. The standard InChI is InChI=1S/C14H16Si.C8H12Si/c1-15(2,13-9-5-3-6-10-13)14-11-7-4-8-12-14;1-9(2)8-6-4-3-5-7-8/h3-12H,1-2H3;3-7,9H,1-2H3. The molecule has 0 N–H and O–H groups in total. The van der Waals surface area contributed by atoms with Crippen molar-refractivity contribution in [2.75, 3.05) is 0 Å². The molecule has 3 rings (SSSR count). The first-order valence-corrected chi connectivity index (χ1v) is 14.6. The van der Waals surface area contributed by atoms with Crippen LogP contribution in [0, 0.1) is 0 Å². The van der Waals surface area contributed by atoms with E-state index in [9.17, 15) is 0 Å². The van der Waals surface area contributed by atoms with Crippen LogP contribution >= 0.6 is 0 Å². The van der Waals surface area contributed by atoms with Crippen molar-refractivity contribution in [1.82, 2.24) is 0 Å². The molecular weight excluding hydrogens is 320 g/mol. The van der Waals surface area contributed by atoms with Gasteiger partial charge in [0.05, 0.1) is 8.80 Å². The Labute approximate surface area is 149 Å². The SMILES string of the molecule is C[SiH](C)c1ccccc1.C[Si](C)(c1ccccc1)c1ccccc1. The predicted octanol–water partition coefficient (Wildman–Crippen LogP) is 3.89. The largest absolute Gasteiger partial charge is 0.112 e. The summed E-state index contributed by atoms with van der Waals surface area (Å²) < 4.78 is 0. The molecule has 0 nitrogen and oxygen atoms in total. The van der Waals surface area contributed by atoms with E-state index in [2.05, 4.69) is 117 Å². The summed E-state index contributed by atoms with van der Waals surface area (Å²) in [7, 11) is -1.98. The van der Waals surface area contributed by atoms with Crippen molar-refractivity contribution in [3.63, 3.8) is 0 Å². The van der Waals surface area contributed by atoms with Gasteiger partial charge in [0.2, 0.25) is 0 Å². The van der Waals surface area contributed by atoms with Crippen LogP contribution in [-0.4, -0.2) is 16.9 Å². The summed E-state index contributed by atoms with van der Waals surface area (Å²) in [5.41, 5.74) is 0. The lowest BCUT2D eigenvalue weighted by Gasteiger charge is -2.23. The molecule has 0 radical (unpaired) electrons. The van der Waals surface area contributed by atoms with Gasteiger partial charge in [0.1, 0.15) is 8.07 Å². The highest BCUT2D eigenvalue weighted by molar-refractivity contribution is 7.00. The molecular formula is C22H28Si2. The molecule has 0 aliphatic carbocycles. The maximum Gasteiger partial charge on any atom is 0.112 e. The topological polar surface area (TPSA) is 0 Å². The molecule has 24 heavy (non-hydrogen) atoms. The number of hydrogen-bond acceptors (Lipinski definition) is 0. The minimum absolute atomic E-state index is 0.529. The molecule has 124 valence electrons. The Kier molecular flexibility index (Phi) is 6.77. The molecule has 0 unspecified atom stereocenters. The monoisotopic (exact) mass is 348 g/mol. The van der Waals surface area contributed by atoms with Crippen LogP contribution in [0.25, 0.3) is 0 Å². The zero-order chi connectivity index (χ0) is 17.4. The summed E-state index contributed by atoms with van der Waals surface area (Å²) in [6.45, 7) is 9.49. The van der Waals surface area contributed by atoms with Crippen molar-refractivity contribution in [2.45, 2.75) is 26.2 Å². The molecule has 0 aliphatic rings. The van der Waals surface area contributed by atoms with Gasteiger partial charge in [0, 0.05) is 0 Å². The Balaban J connectivity index is 0.000000198. The molecule has 0 fully saturated rings. The zero-order valence-corrected chi connectivity index (χ0v) is 17.4. The van der Waals surface area contributed by atoms with Gasteiger partial charge in [0.15, 0.2) is 0 Å². The number of rotatable bonds is 3. The van der Waals surface area contributed by atoms with Crippen LogP contribution in [0.2, 0.25) is 26.2 Å². The second kappa shape index (κ2) is 8.81. The molecule has 0 saturated heterocycles. The van der Waals surface area contributed by atoms with E-state index < -0.39 is 16.9 Å².